The fraction of sp³-hybridized carbons (Fsp3) is 0.500. The zero-order chi connectivity index (χ0) is 26.3. The Labute approximate surface area is 208 Å². The Hall–Kier alpha value is -3.22. The molecule has 192 valence electrons. The number of carbonyl (C=O) groups is 2. The first-order chi connectivity index (χ1) is 16.4. The van der Waals surface area contributed by atoms with Crippen LogP contribution >= 0.6 is 0 Å². The number of carboxylic acids is 1. The molecule has 0 aliphatic carbocycles. The molecule has 0 spiro atoms. The molecule has 1 N–H and O–H groups in total. The summed E-state index contributed by atoms with van der Waals surface area (Å²) in [5, 5.41) is 9.94. The maximum atomic E-state index is 13.2. The van der Waals surface area contributed by atoms with Gasteiger partial charge in [-0.25, -0.2) is 0 Å². The molecule has 0 bridgehead atoms. The number of carboxylic acid groups (broad SMARTS) is 1. The zero-order valence-electron chi connectivity index (χ0n) is 22.0. The van der Waals surface area contributed by atoms with Crippen molar-refractivity contribution in [2.75, 3.05) is 0 Å². The smallest absolute Gasteiger partial charge is 0.318 e. The number of carbonyl (C=O) groups excluding carboxylic acids is 1. The van der Waals surface area contributed by atoms with Gasteiger partial charge < -0.3 is 24.1 Å². The van der Waals surface area contributed by atoms with E-state index < -0.39 is 17.7 Å². The van der Waals surface area contributed by atoms with Crippen molar-refractivity contribution < 1.29 is 33.6 Å². The summed E-state index contributed by atoms with van der Waals surface area (Å²) >= 11 is 0. The molecule has 0 saturated carbocycles. The molecule has 0 amide bonds. The number of hydrogen-bond donors (Lipinski definition) is 1. The second kappa shape index (κ2) is 12.5. The van der Waals surface area contributed by atoms with Crippen LogP contribution in [0.1, 0.15) is 72.4 Å². The van der Waals surface area contributed by atoms with E-state index >= 15 is 0 Å². The number of ether oxygens (including phenoxy) is 4. The molecule has 2 rings (SSSR count). The predicted octanol–water partition coefficient (Wildman–Crippen LogP) is 5.82. The first kappa shape index (κ1) is 28.0. The second-order valence-electron chi connectivity index (χ2n) is 9.57. The van der Waals surface area contributed by atoms with Crippen LogP contribution in [0.15, 0.2) is 36.4 Å². The van der Waals surface area contributed by atoms with Gasteiger partial charge in [-0.15, -0.1) is 0 Å². The van der Waals surface area contributed by atoms with E-state index in [1.165, 1.54) is 0 Å². The standard InChI is InChI=1S/C28H38O7/c1-16(2)32-23-11-9-20(14-25(23)34-18(5)6)13-22(29)27(28(30)31)21-10-12-24(33-17(3)4)26(15-21)35-19(7)8/h9-12,14-19,27H,13H2,1-8H3,(H,30,31). The van der Waals surface area contributed by atoms with Crippen molar-refractivity contribution in [1.29, 1.82) is 0 Å². The Balaban J connectivity index is 2.37. The van der Waals surface area contributed by atoms with Gasteiger partial charge in [-0.1, -0.05) is 12.1 Å². The average Bonchev–Trinajstić information content (AvgIpc) is 2.70. The summed E-state index contributed by atoms with van der Waals surface area (Å²) in [6.45, 7) is 15.2. The minimum Gasteiger partial charge on any atom is -0.487 e. The van der Waals surface area contributed by atoms with E-state index in [4.69, 9.17) is 18.9 Å². The predicted molar refractivity (Wildman–Crippen MR) is 135 cm³/mol. The van der Waals surface area contributed by atoms with E-state index in [2.05, 4.69) is 0 Å². The lowest BCUT2D eigenvalue weighted by atomic mass is 9.90. The van der Waals surface area contributed by atoms with Gasteiger partial charge in [0.1, 0.15) is 5.92 Å². The van der Waals surface area contributed by atoms with Gasteiger partial charge in [0.25, 0.3) is 0 Å². The summed E-state index contributed by atoms with van der Waals surface area (Å²) in [7, 11) is 0. The molecule has 7 heteroatoms. The maximum Gasteiger partial charge on any atom is 0.318 e. The summed E-state index contributed by atoms with van der Waals surface area (Å²) in [6.07, 6.45) is -0.439. The molecular formula is C28H38O7. The maximum absolute atomic E-state index is 13.2. The van der Waals surface area contributed by atoms with Gasteiger partial charge in [0, 0.05) is 6.42 Å². The number of hydrogen-bond acceptors (Lipinski definition) is 6. The van der Waals surface area contributed by atoms with Crippen molar-refractivity contribution in [2.24, 2.45) is 0 Å². The van der Waals surface area contributed by atoms with Gasteiger partial charge in [-0.2, -0.15) is 0 Å². The molecule has 1 unspecified atom stereocenters. The third kappa shape index (κ3) is 8.50. The average molecular weight is 487 g/mol. The second-order valence-corrected chi connectivity index (χ2v) is 9.57. The molecule has 0 aliphatic rings. The Bertz CT molecular complexity index is 1010. The van der Waals surface area contributed by atoms with Crippen molar-refractivity contribution in [3.8, 4) is 23.0 Å². The van der Waals surface area contributed by atoms with Crippen LogP contribution in [-0.2, 0) is 16.0 Å². The number of ketones is 1. The van der Waals surface area contributed by atoms with Crippen molar-refractivity contribution in [2.45, 2.75) is 92.1 Å². The van der Waals surface area contributed by atoms with Crippen LogP contribution in [-0.4, -0.2) is 41.3 Å². The highest BCUT2D eigenvalue weighted by atomic mass is 16.5. The first-order valence-electron chi connectivity index (χ1n) is 12.1. The van der Waals surface area contributed by atoms with Crippen LogP contribution < -0.4 is 18.9 Å². The SMILES string of the molecule is CC(C)Oc1ccc(CC(=O)C(C(=O)O)c2ccc(OC(C)C)c(OC(C)C)c2)cc1OC(C)C. The van der Waals surface area contributed by atoms with Gasteiger partial charge in [0.05, 0.1) is 24.4 Å². The molecule has 1 atom stereocenters. The summed E-state index contributed by atoms with van der Waals surface area (Å²) < 4.78 is 23.3. The lowest BCUT2D eigenvalue weighted by molar-refractivity contribution is -0.142. The molecule has 0 fully saturated rings. The lowest BCUT2D eigenvalue weighted by Crippen LogP contribution is -2.23. The van der Waals surface area contributed by atoms with Crippen molar-refractivity contribution in [1.82, 2.24) is 0 Å². The summed E-state index contributed by atoms with van der Waals surface area (Å²) in [5.41, 5.74) is 0.985. The largest absolute Gasteiger partial charge is 0.487 e. The molecule has 0 heterocycles. The number of benzene rings is 2. The Morgan fingerprint density at radius 2 is 1.09 bits per heavy atom. The number of rotatable bonds is 13. The molecule has 0 aliphatic heterocycles. The topological polar surface area (TPSA) is 91.3 Å². The van der Waals surface area contributed by atoms with Gasteiger partial charge in [-0.05, 0) is 90.8 Å². The summed E-state index contributed by atoms with van der Waals surface area (Å²) in [6, 6.07) is 10.1. The molecule has 0 aromatic heterocycles. The minimum absolute atomic E-state index is 0.0433. The molecule has 2 aromatic rings. The van der Waals surface area contributed by atoms with Crippen LogP contribution in [0.25, 0.3) is 0 Å². The lowest BCUT2D eigenvalue weighted by Gasteiger charge is -2.20. The van der Waals surface area contributed by atoms with Crippen LogP contribution in [0, 0.1) is 0 Å². The third-order valence-corrected chi connectivity index (χ3v) is 4.71. The third-order valence-electron chi connectivity index (χ3n) is 4.71. The molecule has 35 heavy (non-hydrogen) atoms. The summed E-state index contributed by atoms with van der Waals surface area (Å²) in [4.78, 5) is 25.4. The molecule has 7 nitrogen and oxygen atoms in total. The van der Waals surface area contributed by atoms with Gasteiger partial charge in [0.2, 0.25) is 0 Å². The van der Waals surface area contributed by atoms with Crippen molar-refractivity contribution in [3.05, 3.63) is 47.5 Å². The molecular weight excluding hydrogens is 448 g/mol. The highest BCUT2D eigenvalue weighted by Crippen LogP contribution is 2.35. The Morgan fingerprint density at radius 3 is 1.54 bits per heavy atom. The van der Waals surface area contributed by atoms with Crippen LogP contribution in [0.2, 0.25) is 0 Å². The quantitative estimate of drug-likeness (QED) is 0.357. The Morgan fingerprint density at radius 1 is 0.657 bits per heavy atom. The van der Waals surface area contributed by atoms with E-state index in [0.717, 1.165) is 0 Å². The summed E-state index contributed by atoms with van der Waals surface area (Å²) in [5.74, 6) is -0.999. The van der Waals surface area contributed by atoms with E-state index in [1.54, 1.807) is 36.4 Å². The monoisotopic (exact) mass is 486 g/mol. The molecule has 0 radical (unpaired) electrons. The van der Waals surface area contributed by atoms with Crippen LogP contribution in [0.4, 0.5) is 0 Å². The molecule has 0 saturated heterocycles. The van der Waals surface area contributed by atoms with Gasteiger partial charge >= 0.3 is 5.97 Å². The van der Waals surface area contributed by atoms with Crippen LogP contribution in [0.3, 0.4) is 0 Å². The van der Waals surface area contributed by atoms with Crippen molar-refractivity contribution in [3.63, 3.8) is 0 Å². The van der Waals surface area contributed by atoms with E-state index in [9.17, 15) is 14.7 Å². The normalized spacial score (nSPS) is 12.2. The fourth-order valence-corrected chi connectivity index (χ4v) is 3.53. The van der Waals surface area contributed by atoms with E-state index in [0.29, 0.717) is 34.1 Å². The van der Waals surface area contributed by atoms with E-state index in [-0.39, 0.29) is 30.8 Å². The number of aliphatic carboxylic acids is 1. The van der Waals surface area contributed by atoms with E-state index in [1.807, 2.05) is 55.4 Å². The first-order valence-corrected chi connectivity index (χ1v) is 12.1. The minimum atomic E-state index is -1.35. The van der Waals surface area contributed by atoms with Crippen molar-refractivity contribution >= 4 is 11.8 Å². The zero-order valence-corrected chi connectivity index (χ0v) is 22.0. The fourth-order valence-electron chi connectivity index (χ4n) is 3.53. The highest BCUT2D eigenvalue weighted by molar-refractivity contribution is 6.04. The number of Topliss-reactive ketones (excluding diaryl/α,β-unsaturated/α-hetero) is 1. The van der Waals surface area contributed by atoms with Crippen LogP contribution in [0.5, 0.6) is 23.0 Å². The van der Waals surface area contributed by atoms with Gasteiger partial charge in [0.15, 0.2) is 28.8 Å². The molecule has 2 aromatic carbocycles. The van der Waals surface area contributed by atoms with Gasteiger partial charge in [-0.3, -0.25) is 9.59 Å². The highest BCUT2D eigenvalue weighted by Gasteiger charge is 2.29. The Kier molecular flexibility index (Phi) is 9.99.